The first-order valence-electron chi connectivity index (χ1n) is 10.8. The second kappa shape index (κ2) is 11.5. The predicted molar refractivity (Wildman–Crippen MR) is 128 cm³/mol. The molecule has 3 N–H and O–H groups in total. The highest BCUT2D eigenvalue weighted by atomic mass is 32.2. The molecule has 0 aliphatic rings. The van der Waals surface area contributed by atoms with E-state index in [4.69, 9.17) is 14.6 Å². The Morgan fingerprint density at radius 1 is 1.00 bits per heavy atom. The zero-order valence-corrected chi connectivity index (χ0v) is 19.3. The van der Waals surface area contributed by atoms with Gasteiger partial charge < -0.3 is 14.8 Å². The highest BCUT2D eigenvalue weighted by Crippen LogP contribution is 2.37. The number of unbranched alkanes of at least 4 members (excludes halogenated alkanes) is 1. The fourth-order valence-corrected chi connectivity index (χ4v) is 3.87. The molecule has 0 aliphatic heterocycles. The number of esters is 1. The van der Waals surface area contributed by atoms with Gasteiger partial charge in [0.05, 0.1) is 17.9 Å². The summed E-state index contributed by atoms with van der Waals surface area (Å²) in [6.07, 6.45) is 2.33. The molecule has 0 amide bonds. The van der Waals surface area contributed by atoms with Crippen molar-refractivity contribution in [3.63, 3.8) is 0 Å². The summed E-state index contributed by atoms with van der Waals surface area (Å²) in [7, 11) is -4.20. The molecule has 0 fully saturated rings. The molecule has 3 aromatic carbocycles. The van der Waals surface area contributed by atoms with Crippen molar-refractivity contribution in [2.75, 3.05) is 18.5 Å². The summed E-state index contributed by atoms with van der Waals surface area (Å²) in [5.41, 5.74) is 1.46. The van der Waals surface area contributed by atoms with Crippen molar-refractivity contribution in [3.05, 3.63) is 83.9 Å². The topological polar surface area (TPSA) is 108 Å². The number of anilines is 1. The Morgan fingerprint density at radius 2 is 1.67 bits per heavy atom. The van der Waals surface area contributed by atoms with E-state index in [0.717, 1.165) is 18.4 Å². The van der Waals surface area contributed by atoms with Gasteiger partial charge in [-0.2, -0.15) is 0 Å². The first-order valence-corrected chi connectivity index (χ1v) is 12.3. The number of rotatable bonds is 11. The number of hydrogen-bond donors (Lipinski definition) is 2. The number of nitrogens with two attached hydrogens (primary N) is 1. The van der Waals surface area contributed by atoms with E-state index in [-0.39, 0.29) is 22.8 Å². The summed E-state index contributed by atoms with van der Waals surface area (Å²) in [4.78, 5) is 12.5. The Labute approximate surface area is 194 Å². The Hall–Kier alpha value is -3.36. The van der Waals surface area contributed by atoms with E-state index in [2.05, 4.69) is 5.32 Å². The lowest BCUT2D eigenvalue weighted by molar-refractivity contribution is 0.0509. The van der Waals surface area contributed by atoms with Crippen LogP contribution in [0.3, 0.4) is 0 Å². The highest BCUT2D eigenvalue weighted by Gasteiger charge is 2.24. The monoisotopic (exact) mass is 468 g/mol. The average Bonchev–Trinajstić information content (AvgIpc) is 2.80. The van der Waals surface area contributed by atoms with Gasteiger partial charge in [0.25, 0.3) is 0 Å². The van der Waals surface area contributed by atoms with Crippen LogP contribution in [0.5, 0.6) is 11.5 Å². The van der Waals surface area contributed by atoms with Gasteiger partial charge in [0.1, 0.15) is 10.6 Å². The lowest BCUT2D eigenvalue weighted by Crippen LogP contribution is -2.17. The van der Waals surface area contributed by atoms with Crippen LogP contribution in [-0.2, 0) is 21.2 Å². The molecule has 0 aromatic heterocycles. The standard InChI is InChI=1S/C25H28N2O5S/c1-2-3-15-27-22-17-20(25(28)31-16-14-19-10-6-4-7-11-19)18-23(33(26,29)30)24(22)32-21-12-8-5-9-13-21/h4-13,17-18,27H,2-3,14-16H2,1H3,(H2,26,29,30). The van der Waals surface area contributed by atoms with Crippen LogP contribution in [0, 0.1) is 0 Å². The summed E-state index contributed by atoms with van der Waals surface area (Å²) in [5.74, 6) is -0.152. The maximum atomic E-state index is 12.7. The quantitative estimate of drug-likeness (QED) is 0.311. The molecule has 3 aromatic rings. The van der Waals surface area contributed by atoms with Crippen molar-refractivity contribution in [2.24, 2.45) is 5.14 Å². The largest absolute Gasteiger partial charge is 0.462 e. The van der Waals surface area contributed by atoms with Crippen LogP contribution in [0.2, 0.25) is 0 Å². The van der Waals surface area contributed by atoms with Crippen molar-refractivity contribution in [2.45, 2.75) is 31.1 Å². The van der Waals surface area contributed by atoms with Gasteiger partial charge in [-0.3, -0.25) is 0 Å². The SMILES string of the molecule is CCCCNc1cc(C(=O)OCCc2ccccc2)cc(S(N)(=O)=O)c1Oc1ccccc1. The van der Waals surface area contributed by atoms with Crippen LogP contribution < -0.4 is 15.2 Å². The van der Waals surface area contributed by atoms with Crippen LogP contribution in [0.1, 0.15) is 35.7 Å². The number of benzene rings is 3. The van der Waals surface area contributed by atoms with Crippen molar-refractivity contribution >= 4 is 21.7 Å². The molecule has 0 radical (unpaired) electrons. The third-order valence-corrected chi connectivity index (χ3v) is 5.79. The number of hydrogen-bond acceptors (Lipinski definition) is 6. The number of sulfonamides is 1. The molecule has 3 rings (SSSR count). The molecule has 0 aliphatic carbocycles. The van der Waals surface area contributed by atoms with Crippen molar-refractivity contribution < 1.29 is 22.7 Å². The second-order valence-corrected chi connectivity index (χ2v) is 8.99. The number of ether oxygens (including phenoxy) is 2. The number of primary sulfonamides is 1. The van der Waals surface area contributed by atoms with Crippen molar-refractivity contribution in [1.29, 1.82) is 0 Å². The zero-order valence-electron chi connectivity index (χ0n) is 18.5. The molecule has 0 heterocycles. The van der Waals surface area contributed by atoms with E-state index >= 15 is 0 Å². The Kier molecular flexibility index (Phi) is 8.46. The van der Waals surface area contributed by atoms with Crippen molar-refractivity contribution in [3.8, 4) is 11.5 Å². The molecule has 33 heavy (non-hydrogen) atoms. The molecule has 0 atom stereocenters. The summed E-state index contributed by atoms with van der Waals surface area (Å²) < 4.78 is 36.1. The van der Waals surface area contributed by atoms with Crippen LogP contribution in [0.4, 0.5) is 5.69 Å². The lowest BCUT2D eigenvalue weighted by atomic mass is 10.1. The predicted octanol–water partition coefficient (Wildman–Crippen LogP) is 4.74. The summed E-state index contributed by atoms with van der Waals surface area (Å²) in [6.45, 7) is 2.77. The Bertz CT molecular complexity index is 1170. The molecule has 0 unspecified atom stereocenters. The number of para-hydroxylation sites is 1. The molecule has 8 heteroatoms. The Balaban J connectivity index is 1.91. The fraction of sp³-hybridized carbons (Fsp3) is 0.240. The molecular formula is C25H28N2O5S. The first-order chi connectivity index (χ1) is 15.9. The number of carbonyl (C=O) groups excluding carboxylic acids is 1. The van der Waals surface area contributed by atoms with Crippen LogP contribution >= 0.6 is 0 Å². The zero-order chi connectivity index (χ0) is 23.7. The van der Waals surface area contributed by atoms with Gasteiger partial charge in [-0.25, -0.2) is 18.4 Å². The third-order valence-electron chi connectivity index (χ3n) is 4.87. The molecule has 0 bridgehead atoms. The maximum Gasteiger partial charge on any atom is 0.338 e. The second-order valence-electron chi connectivity index (χ2n) is 7.46. The van der Waals surface area contributed by atoms with E-state index in [1.165, 1.54) is 12.1 Å². The van der Waals surface area contributed by atoms with Gasteiger partial charge in [-0.15, -0.1) is 0 Å². The van der Waals surface area contributed by atoms with Crippen LogP contribution in [-0.4, -0.2) is 27.5 Å². The van der Waals surface area contributed by atoms with Crippen molar-refractivity contribution in [1.82, 2.24) is 0 Å². The van der Waals surface area contributed by atoms with E-state index < -0.39 is 16.0 Å². The highest BCUT2D eigenvalue weighted by molar-refractivity contribution is 7.89. The normalized spacial score (nSPS) is 11.1. The maximum absolute atomic E-state index is 12.7. The minimum Gasteiger partial charge on any atom is -0.462 e. The molecule has 0 spiro atoms. The van der Waals surface area contributed by atoms with Gasteiger partial charge in [0, 0.05) is 13.0 Å². The van der Waals surface area contributed by atoms with Gasteiger partial charge in [-0.05, 0) is 36.2 Å². The van der Waals surface area contributed by atoms with Gasteiger partial charge in [0.2, 0.25) is 10.0 Å². The van der Waals surface area contributed by atoms with E-state index in [9.17, 15) is 13.2 Å². The Morgan fingerprint density at radius 3 is 2.30 bits per heavy atom. The molecule has 174 valence electrons. The summed E-state index contributed by atoms with van der Waals surface area (Å²) in [5, 5.41) is 8.66. The van der Waals surface area contributed by atoms with Gasteiger partial charge >= 0.3 is 5.97 Å². The third kappa shape index (κ3) is 7.06. The van der Waals surface area contributed by atoms with E-state index in [1.54, 1.807) is 24.3 Å². The van der Waals surface area contributed by atoms with Gasteiger partial charge in [-0.1, -0.05) is 61.9 Å². The van der Waals surface area contributed by atoms with E-state index in [1.807, 2.05) is 43.3 Å². The number of carbonyl (C=O) groups is 1. The minimum absolute atomic E-state index is 0.0423. The molecular weight excluding hydrogens is 440 g/mol. The first kappa shape index (κ1) is 24.3. The minimum atomic E-state index is -4.20. The van der Waals surface area contributed by atoms with E-state index in [0.29, 0.717) is 24.4 Å². The smallest absolute Gasteiger partial charge is 0.338 e. The van der Waals surface area contributed by atoms with Crippen LogP contribution in [0.15, 0.2) is 77.7 Å². The molecule has 0 saturated heterocycles. The average molecular weight is 469 g/mol. The molecule has 7 nitrogen and oxygen atoms in total. The van der Waals surface area contributed by atoms with Crippen LogP contribution in [0.25, 0.3) is 0 Å². The fourth-order valence-electron chi connectivity index (χ4n) is 3.16. The number of nitrogens with one attached hydrogen (secondary N) is 1. The summed E-state index contributed by atoms with van der Waals surface area (Å²) >= 11 is 0. The summed E-state index contributed by atoms with van der Waals surface area (Å²) in [6, 6.07) is 21.1. The lowest BCUT2D eigenvalue weighted by Gasteiger charge is -2.18. The molecule has 0 saturated carbocycles. The van der Waals surface area contributed by atoms with Gasteiger partial charge in [0.15, 0.2) is 5.75 Å².